The minimum Gasteiger partial charge on any atom is -0.300 e. The molecule has 0 aliphatic carbocycles. The molecule has 0 saturated heterocycles. The highest BCUT2D eigenvalue weighted by atomic mass is 16.2. The van der Waals surface area contributed by atoms with E-state index >= 15 is 0 Å². The summed E-state index contributed by atoms with van der Waals surface area (Å²) in [5, 5.41) is 0. The monoisotopic (exact) mass is 252 g/mol. The molecule has 5 nitrogen and oxygen atoms in total. The minimum atomic E-state index is -0.521. The van der Waals surface area contributed by atoms with Crippen LogP contribution in [0.3, 0.4) is 0 Å². The molecule has 0 N–H and O–H groups in total. The van der Waals surface area contributed by atoms with E-state index in [0.29, 0.717) is 12.5 Å². The van der Waals surface area contributed by atoms with Crippen LogP contribution < -0.4 is 11.2 Å². The molecular formula is C13H20N2O3. The second-order valence-corrected chi connectivity index (χ2v) is 4.98. The van der Waals surface area contributed by atoms with Crippen LogP contribution in [0.15, 0.2) is 15.8 Å². The second-order valence-electron chi connectivity index (χ2n) is 4.98. The smallest absolute Gasteiger partial charge is 0.300 e. The number of hydrogen-bond donors (Lipinski definition) is 0. The molecule has 0 unspecified atom stereocenters. The van der Waals surface area contributed by atoms with Crippen LogP contribution in [0.1, 0.15) is 44.0 Å². The van der Waals surface area contributed by atoms with Gasteiger partial charge in [-0.1, -0.05) is 13.8 Å². The Morgan fingerprint density at radius 2 is 1.94 bits per heavy atom. The van der Waals surface area contributed by atoms with E-state index in [4.69, 9.17) is 0 Å². The summed E-state index contributed by atoms with van der Waals surface area (Å²) < 4.78 is 2.44. The molecule has 0 aliphatic rings. The summed E-state index contributed by atoms with van der Waals surface area (Å²) in [5.41, 5.74) is -0.817. The van der Waals surface area contributed by atoms with Crippen LogP contribution in [0.5, 0.6) is 0 Å². The Kier molecular flexibility index (Phi) is 4.64. The van der Waals surface area contributed by atoms with Gasteiger partial charge in [-0.3, -0.25) is 18.7 Å². The van der Waals surface area contributed by atoms with Gasteiger partial charge in [0.25, 0.3) is 5.56 Å². The maximum atomic E-state index is 11.9. The first-order valence-electron chi connectivity index (χ1n) is 6.16. The number of ketones is 1. The van der Waals surface area contributed by atoms with Crippen molar-refractivity contribution in [1.82, 2.24) is 9.13 Å². The van der Waals surface area contributed by atoms with E-state index in [1.54, 1.807) is 0 Å². The molecular weight excluding hydrogens is 232 g/mol. The lowest BCUT2D eigenvalue weighted by Crippen LogP contribution is -2.40. The Morgan fingerprint density at radius 3 is 2.44 bits per heavy atom. The quantitative estimate of drug-likeness (QED) is 0.739. The van der Waals surface area contributed by atoms with Crippen molar-refractivity contribution in [3.8, 4) is 0 Å². The second kappa shape index (κ2) is 5.80. The molecule has 100 valence electrons. The first kappa shape index (κ1) is 14.4. The third-order valence-electron chi connectivity index (χ3n) is 2.91. The van der Waals surface area contributed by atoms with E-state index in [9.17, 15) is 14.4 Å². The summed E-state index contributed by atoms with van der Waals surface area (Å²) in [6, 6.07) is 0. The molecule has 0 aliphatic heterocycles. The Bertz CT molecular complexity index is 552. The van der Waals surface area contributed by atoms with E-state index in [2.05, 4.69) is 13.8 Å². The van der Waals surface area contributed by atoms with Crippen LogP contribution in [-0.2, 0) is 13.6 Å². The van der Waals surface area contributed by atoms with Gasteiger partial charge in [0.1, 0.15) is 0 Å². The highest BCUT2D eigenvalue weighted by molar-refractivity contribution is 5.93. The van der Waals surface area contributed by atoms with Gasteiger partial charge in [-0.25, -0.2) is 4.79 Å². The molecule has 5 heteroatoms. The fourth-order valence-electron chi connectivity index (χ4n) is 1.80. The molecule has 1 heterocycles. The topological polar surface area (TPSA) is 61.1 Å². The highest BCUT2D eigenvalue weighted by Crippen LogP contribution is 2.04. The van der Waals surface area contributed by atoms with Gasteiger partial charge >= 0.3 is 5.69 Å². The average Bonchev–Trinajstić information content (AvgIpc) is 2.28. The standard InChI is InChI=1S/C13H20N2O3/c1-9(2)6-5-7-15-8-11(10(3)16)12(17)14(4)13(15)18/h8-9H,5-7H2,1-4H3. The van der Waals surface area contributed by atoms with Crippen molar-refractivity contribution >= 4 is 5.78 Å². The van der Waals surface area contributed by atoms with Gasteiger partial charge in [0.2, 0.25) is 0 Å². The normalized spacial score (nSPS) is 10.9. The number of carbonyl (C=O) groups excluding carboxylic acids is 1. The van der Waals surface area contributed by atoms with E-state index < -0.39 is 5.56 Å². The van der Waals surface area contributed by atoms with Crippen LogP contribution in [0.2, 0.25) is 0 Å². The molecule has 0 bridgehead atoms. The van der Waals surface area contributed by atoms with Crippen LogP contribution in [0.4, 0.5) is 0 Å². The van der Waals surface area contributed by atoms with E-state index in [1.807, 2.05) is 0 Å². The zero-order valence-corrected chi connectivity index (χ0v) is 11.4. The summed E-state index contributed by atoms with van der Waals surface area (Å²) in [6.07, 6.45) is 3.24. The van der Waals surface area contributed by atoms with E-state index in [0.717, 1.165) is 17.4 Å². The molecule has 0 spiro atoms. The number of carbonyl (C=O) groups is 1. The number of hydrogen-bond acceptors (Lipinski definition) is 3. The molecule has 0 fully saturated rings. The number of aromatic nitrogens is 2. The van der Waals surface area contributed by atoms with Crippen LogP contribution >= 0.6 is 0 Å². The van der Waals surface area contributed by atoms with Crippen LogP contribution in [0, 0.1) is 5.92 Å². The predicted octanol–water partition coefficient (Wildman–Crippen LogP) is 1.19. The zero-order chi connectivity index (χ0) is 13.9. The molecule has 0 amide bonds. The molecule has 1 aromatic rings. The maximum Gasteiger partial charge on any atom is 0.330 e. The van der Waals surface area contributed by atoms with Gasteiger partial charge in [0.15, 0.2) is 5.78 Å². The number of nitrogens with zero attached hydrogens (tertiary/aromatic N) is 2. The Labute approximate surface area is 106 Å². The number of rotatable bonds is 5. The van der Waals surface area contributed by atoms with Gasteiger partial charge < -0.3 is 0 Å². The van der Waals surface area contributed by atoms with Gasteiger partial charge in [0.05, 0.1) is 5.56 Å². The fourth-order valence-corrected chi connectivity index (χ4v) is 1.80. The molecule has 0 atom stereocenters. The Morgan fingerprint density at radius 1 is 1.33 bits per heavy atom. The van der Waals surface area contributed by atoms with Crippen molar-refractivity contribution in [2.45, 2.75) is 40.2 Å². The van der Waals surface area contributed by atoms with Crippen molar-refractivity contribution in [1.29, 1.82) is 0 Å². The lowest BCUT2D eigenvalue weighted by Gasteiger charge is -2.10. The summed E-state index contributed by atoms with van der Waals surface area (Å²) >= 11 is 0. The van der Waals surface area contributed by atoms with Gasteiger partial charge in [-0.2, -0.15) is 0 Å². The Balaban J connectivity index is 3.09. The van der Waals surface area contributed by atoms with Crippen molar-refractivity contribution in [2.24, 2.45) is 13.0 Å². The largest absolute Gasteiger partial charge is 0.330 e. The molecule has 0 radical (unpaired) electrons. The van der Waals surface area contributed by atoms with Crippen LogP contribution in [-0.4, -0.2) is 14.9 Å². The van der Waals surface area contributed by atoms with E-state index in [-0.39, 0.29) is 17.0 Å². The number of Topliss-reactive ketones (excluding diaryl/α,β-unsaturated/α-hetero) is 1. The predicted molar refractivity (Wildman–Crippen MR) is 70.0 cm³/mol. The fraction of sp³-hybridized carbons (Fsp3) is 0.615. The molecule has 1 rings (SSSR count). The van der Waals surface area contributed by atoms with Crippen molar-refractivity contribution < 1.29 is 4.79 Å². The summed E-state index contributed by atoms with van der Waals surface area (Å²) in [4.78, 5) is 34.9. The molecule has 0 saturated carbocycles. The van der Waals surface area contributed by atoms with Gasteiger partial charge in [-0.15, -0.1) is 0 Å². The lowest BCUT2D eigenvalue weighted by molar-refractivity contribution is 0.101. The average molecular weight is 252 g/mol. The summed E-state index contributed by atoms with van der Waals surface area (Å²) in [5.74, 6) is 0.258. The van der Waals surface area contributed by atoms with Gasteiger partial charge in [0, 0.05) is 19.8 Å². The lowest BCUT2D eigenvalue weighted by atomic mass is 10.1. The molecule has 1 aromatic heterocycles. The zero-order valence-electron chi connectivity index (χ0n) is 11.4. The molecule has 18 heavy (non-hydrogen) atoms. The van der Waals surface area contributed by atoms with Crippen molar-refractivity contribution in [2.75, 3.05) is 0 Å². The first-order valence-corrected chi connectivity index (χ1v) is 6.16. The van der Waals surface area contributed by atoms with E-state index in [1.165, 1.54) is 24.7 Å². The highest BCUT2D eigenvalue weighted by Gasteiger charge is 2.11. The number of aryl methyl sites for hydroxylation is 1. The van der Waals surface area contributed by atoms with Gasteiger partial charge in [-0.05, 0) is 25.7 Å². The van der Waals surface area contributed by atoms with Crippen LogP contribution in [0.25, 0.3) is 0 Å². The van der Waals surface area contributed by atoms with Crippen molar-refractivity contribution in [3.63, 3.8) is 0 Å². The summed E-state index contributed by atoms with van der Waals surface area (Å²) in [7, 11) is 1.40. The minimum absolute atomic E-state index is 0.0710. The van der Waals surface area contributed by atoms with Crippen molar-refractivity contribution in [3.05, 3.63) is 32.6 Å². The SMILES string of the molecule is CC(=O)c1cn(CCCC(C)C)c(=O)n(C)c1=O. The first-order chi connectivity index (χ1) is 8.34. The maximum absolute atomic E-state index is 11.9. The third-order valence-corrected chi connectivity index (χ3v) is 2.91. The third kappa shape index (κ3) is 3.18. The Hall–Kier alpha value is -1.65. The summed E-state index contributed by atoms with van der Waals surface area (Å²) in [6.45, 7) is 6.10. The molecule has 0 aromatic carbocycles.